The fourth-order valence-corrected chi connectivity index (χ4v) is 4.51. The van der Waals surface area contributed by atoms with Crippen molar-refractivity contribution in [2.24, 2.45) is 28.6 Å². The summed E-state index contributed by atoms with van der Waals surface area (Å²) in [6, 6.07) is 0. The molecule has 0 heterocycles. The molecule has 0 N–H and O–H groups in total. The Bertz CT molecular complexity index is 292. The Kier molecular flexibility index (Phi) is 1.15. The minimum absolute atomic E-state index is 0.337. The Labute approximate surface area is 79.2 Å². The molecule has 0 aromatic rings. The molecule has 1 nitrogen and oxygen atoms in total. The Morgan fingerprint density at radius 2 is 1.85 bits per heavy atom. The van der Waals surface area contributed by atoms with Crippen molar-refractivity contribution in [3.8, 4) is 0 Å². The van der Waals surface area contributed by atoms with Crippen LogP contribution in [0.1, 0.15) is 26.7 Å². The molecule has 4 aliphatic rings. The first kappa shape index (κ1) is 7.78. The number of hydrogen-bond acceptors (Lipinski definition) is 1. The van der Waals surface area contributed by atoms with Crippen LogP contribution in [0.4, 0.5) is 0 Å². The SMILES string of the molecule is CC12C3CC(C[C@H]31)[C@]2(C)/C=C/C=O. The van der Waals surface area contributed by atoms with Gasteiger partial charge in [0, 0.05) is 0 Å². The summed E-state index contributed by atoms with van der Waals surface area (Å²) in [4.78, 5) is 10.4. The van der Waals surface area contributed by atoms with E-state index in [1.165, 1.54) is 12.8 Å². The lowest BCUT2D eigenvalue weighted by Crippen LogP contribution is -2.24. The van der Waals surface area contributed by atoms with E-state index in [4.69, 9.17) is 0 Å². The molecule has 3 unspecified atom stereocenters. The summed E-state index contributed by atoms with van der Waals surface area (Å²) in [5.41, 5.74) is 0.889. The number of carbonyl (C=O) groups is 1. The van der Waals surface area contributed by atoms with Crippen molar-refractivity contribution in [1.29, 1.82) is 0 Å². The Balaban J connectivity index is 2.01. The summed E-state index contributed by atoms with van der Waals surface area (Å²) < 4.78 is 0. The second-order valence-corrected chi connectivity index (χ2v) is 5.44. The van der Waals surface area contributed by atoms with Crippen LogP contribution in [0.25, 0.3) is 0 Å². The summed E-state index contributed by atoms with van der Waals surface area (Å²) in [5, 5.41) is 0. The molecule has 4 rings (SSSR count). The van der Waals surface area contributed by atoms with Gasteiger partial charge in [0.15, 0.2) is 0 Å². The van der Waals surface area contributed by atoms with E-state index in [0.717, 1.165) is 24.0 Å². The van der Waals surface area contributed by atoms with Gasteiger partial charge in [-0.05, 0) is 47.5 Å². The zero-order valence-electron chi connectivity index (χ0n) is 8.29. The molecule has 4 bridgehead atoms. The number of hydrogen-bond donors (Lipinski definition) is 0. The molecule has 0 spiro atoms. The van der Waals surface area contributed by atoms with Gasteiger partial charge in [0.2, 0.25) is 0 Å². The molecule has 4 saturated carbocycles. The van der Waals surface area contributed by atoms with E-state index < -0.39 is 0 Å². The third-order valence-corrected chi connectivity index (χ3v) is 5.52. The first-order valence-electron chi connectivity index (χ1n) is 5.27. The van der Waals surface area contributed by atoms with Crippen molar-refractivity contribution < 1.29 is 4.79 Å². The van der Waals surface area contributed by atoms with E-state index in [9.17, 15) is 4.79 Å². The second-order valence-electron chi connectivity index (χ2n) is 5.44. The van der Waals surface area contributed by atoms with Crippen LogP contribution >= 0.6 is 0 Å². The molecule has 13 heavy (non-hydrogen) atoms. The van der Waals surface area contributed by atoms with Crippen LogP contribution in [0, 0.1) is 28.6 Å². The highest BCUT2D eigenvalue weighted by molar-refractivity contribution is 5.65. The van der Waals surface area contributed by atoms with Crippen LogP contribution < -0.4 is 0 Å². The Morgan fingerprint density at radius 1 is 1.23 bits per heavy atom. The molecule has 0 amide bonds. The fourth-order valence-electron chi connectivity index (χ4n) is 4.51. The lowest BCUT2D eigenvalue weighted by molar-refractivity contribution is -0.104. The van der Waals surface area contributed by atoms with E-state index in [1.54, 1.807) is 6.08 Å². The maximum atomic E-state index is 10.4. The third-order valence-electron chi connectivity index (χ3n) is 5.52. The van der Waals surface area contributed by atoms with Crippen molar-refractivity contribution in [3.05, 3.63) is 12.2 Å². The van der Waals surface area contributed by atoms with Gasteiger partial charge >= 0.3 is 0 Å². The summed E-state index contributed by atoms with van der Waals surface area (Å²) >= 11 is 0. The average Bonchev–Trinajstić information content (AvgIpc) is 2.54. The highest BCUT2D eigenvalue weighted by atomic mass is 16.1. The van der Waals surface area contributed by atoms with Gasteiger partial charge in [-0.1, -0.05) is 19.9 Å². The van der Waals surface area contributed by atoms with E-state index in [0.29, 0.717) is 10.8 Å². The van der Waals surface area contributed by atoms with Crippen LogP contribution in [0.3, 0.4) is 0 Å². The quantitative estimate of drug-likeness (QED) is 0.466. The molecule has 1 heteroatoms. The van der Waals surface area contributed by atoms with Crippen molar-refractivity contribution in [3.63, 3.8) is 0 Å². The first-order valence-corrected chi connectivity index (χ1v) is 5.27. The van der Waals surface area contributed by atoms with E-state index in [1.807, 2.05) is 0 Å². The van der Waals surface area contributed by atoms with Gasteiger partial charge in [0.1, 0.15) is 6.29 Å². The summed E-state index contributed by atoms with van der Waals surface area (Å²) in [6.07, 6.45) is 7.64. The lowest BCUT2D eigenvalue weighted by atomic mass is 9.74. The first-order chi connectivity index (χ1) is 6.14. The van der Waals surface area contributed by atoms with Crippen LogP contribution in [-0.4, -0.2) is 6.29 Å². The Morgan fingerprint density at radius 3 is 2.23 bits per heavy atom. The van der Waals surface area contributed by atoms with Gasteiger partial charge in [-0.15, -0.1) is 0 Å². The summed E-state index contributed by atoms with van der Waals surface area (Å²) in [7, 11) is 0. The molecule has 0 aromatic heterocycles. The molecule has 4 fully saturated rings. The van der Waals surface area contributed by atoms with Crippen LogP contribution in [-0.2, 0) is 4.79 Å². The van der Waals surface area contributed by atoms with E-state index in [-0.39, 0.29) is 0 Å². The maximum Gasteiger partial charge on any atom is 0.142 e. The molecule has 0 aromatic carbocycles. The van der Waals surface area contributed by atoms with Gasteiger partial charge in [-0.25, -0.2) is 0 Å². The normalized spacial score (nSPS) is 61.8. The number of rotatable bonds is 2. The van der Waals surface area contributed by atoms with Crippen LogP contribution in [0.5, 0.6) is 0 Å². The highest BCUT2D eigenvalue weighted by Crippen LogP contribution is 2.86. The van der Waals surface area contributed by atoms with Gasteiger partial charge < -0.3 is 0 Å². The zero-order valence-corrected chi connectivity index (χ0v) is 8.29. The van der Waals surface area contributed by atoms with Crippen LogP contribution in [0.15, 0.2) is 12.2 Å². The number of allylic oxidation sites excluding steroid dienone is 2. The molecule has 0 aliphatic heterocycles. The second kappa shape index (κ2) is 1.92. The molecule has 0 radical (unpaired) electrons. The molecular formula is C12H16O. The number of aldehydes is 1. The predicted octanol–water partition coefficient (Wildman–Crippen LogP) is 2.42. The molecule has 4 aliphatic carbocycles. The average molecular weight is 176 g/mol. The van der Waals surface area contributed by atoms with Crippen molar-refractivity contribution in [2.45, 2.75) is 26.7 Å². The standard InChI is InChI=1S/C12H16O/c1-11(4-3-5-13)8-6-9-10(7-8)12(9,11)2/h3-5,8-10H,6-7H2,1-2H3/b4-3+/t8?,9-,10?,11+,12?/m1/s1. The highest BCUT2D eigenvalue weighted by Gasteiger charge is 2.80. The van der Waals surface area contributed by atoms with Gasteiger partial charge in [-0.2, -0.15) is 0 Å². The van der Waals surface area contributed by atoms with Gasteiger partial charge in [0.05, 0.1) is 0 Å². The molecule has 5 atom stereocenters. The Hall–Kier alpha value is -0.590. The molecule has 70 valence electrons. The van der Waals surface area contributed by atoms with Crippen molar-refractivity contribution >= 4 is 6.29 Å². The minimum atomic E-state index is 0.337. The maximum absolute atomic E-state index is 10.4. The van der Waals surface area contributed by atoms with Crippen LogP contribution in [0.2, 0.25) is 0 Å². The van der Waals surface area contributed by atoms with Crippen molar-refractivity contribution in [1.82, 2.24) is 0 Å². The van der Waals surface area contributed by atoms with Crippen molar-refractivity contribution in [2.75, 3.05) is 0 Å². The lowest BCUT2D eigenvalue weighted by Gasteiger charge is -2.30. The minimum Gasteiger partial charge on any atom is -0.299 e. The molecular weight excluding hydrogens is 160 g/mol. The smallest absolute Gasteiger partial charge is 0.142 e. The molecule has 0 saturated heterocycles. The van der Waals surface area contributed by atoms with E-state index >= 15 is 0 Å². The number of carbonyl (C=O) groups excluding carboxylic acids is 1. The predicted molar refractivity (Wildman–Crippen MR) is 51.1 cm³/mol. The fraction of sp³-hybridized carbons (Fsp3) is 0.750. The summed E-state index contributed by atoms with van der Waals surface area (Å²) in [5.74, 6) is 2.83. The monoisotopic (exact) mass is 176 g/mol. The summed E-state index contributed by atoms with van der Waals surface area (Å²) in [6.45, 7) is 4.77. The largest absolute Gasteiger partial charge is 0.299 e. The van der Waals surface area contributed by atoms with Gasteiger partial charge in [-0.3, -0.25) is 4.79 Å². The third kappa shape index (κ3) is 0.589. The van der Waals surface area contributed by atoms with E-state index in [2.05, 4.69) is 19.9 Å². The van der Waals surface area contributed by atoms with Gasteiger partial charge in [0.25, 0.3) is 0 Å². The topological polar surface area (TPSA) is 17.1 Å². The zero-order chi connectivity index (χ0) is 9.27.